The van der Waals surface area contributed by atoms with Crippen LogP contribution in [0.25, 0.3) is 0 Å². The Hall–Kier alpha value is -1.67. The third kappa shape index (κ3) is 8.41. The molecule has 0 spiro atoms. The number of amides is 1. The van der Waals surface area contributed by atoms with E-state index in [0.29, 0.717) is 19.7 Å². The highest BCUT2D eigenvalue weighted by Crippen LogP contribution is 2.17. The largest absolute Gasteiger partial charge is 0.491 e. The van der Waals surface area contributed by atoms with Gasteiger partial charge >= 0.3 is 0 Å². The first-order valence-electron chi connectivity index (χ1n) is 11.8. The van der Waals surface area contributed by atoms with Crippen LogP contribution in [0, 0.1) is 0 Å². The molecule has 0 aliphatic carbocycles. The van der Waals surface area contributed by atoms with E-state index in [2.05, 4.69) is 26.8 Å². The predicted octanol–water partition coefficient (Wildman–Crippen LogP) is 1.51. The summed E-state index contributed by atoms with van der Waals surface area (Å²) in [5.74, 6) is 0.985. The van der Waals surface area contributed by atoms with E-state index in [1.165, 1.54) is 31.2 Å². The van der Waals surface area contributed by atoms with Crippen molar-refractivity contribution in [3.8, 4) is 5.75 Å². The molecule has 1 aromatic carbocycles. The Bertz CT molecular complexity index is 669. The number of piperazine rings is 1. The Labute approximate surface area is 187 Å². The first kappa shape index (κ1) is 24.0. The fraction of sp³-hybridized carbons (Fsp3) is 0.708. The molecule has 1 unspecified atom stereocenters. The smallest absolute Gasteiger partial charge is 0.236 e. The molecule has 1 N–H and O–H groups in total. The second-order valence-electron chi connectivity index (χ2n) is 9.17. The lowest BCUT2D eigenvalue weighted by Gasteiger charge is -2.34. The van der Waals surface area contributed by atoms with Crippen molar-refractivity contribution in [2.24, 2.45) is 0 Å². The Morgan fingerprint density at radius 3 is 2.35 bits per heavy atom. The summed E-state index contributed by atoms with van der Waals surface area (Å²) >= 11 is 0. The summed E-state index contributed by atoms with van der Waals surface area (Å²) in [6.07, 6.45) is 4.61. The molecule has 2 fully saturated rings. The van der Waals surface area contributed by atoms with Gasteiger partial charge < -0.3 is 19.6 Å². The number of hydrogen-bond donors (Lipinski definition) is 1. The van der Waals surface area contributed by atoms with Crippen LogP contribution in [0.1, 0.15) is 31.2 Å². The number of hydrogen-bond acceptors (Lipinski definition) is 6. The molecule has 0 bridgehead atoms. The number of ether oxygens (including phenoxy) is 1. The van der Waals surface area contributed by atoms with Gasteiger partial charge in [0.1, 0.15) is 18.5 Å². The molecule has 3 rings (SSSR count). The van der Waals surface area contributed by atoms with Crippen LogP contribution in [-0.4, -0.2) is 110 Å². The van der Waals surface area contributed by atoms with Crippen LogP contribution >= 0.6 is 0 Å². The lowest BCUT2D eigenvalue weighted by Crippen LogP contribution is -2.48. The highest BCUT2D eigenvalue weighted by Gasteiger charge is 2.20. The summed E-state index contributed by atoms with van der Waals surface area (Å²) in [7, 11) is 3.61. The molecule has 2 aliphatic rings. The molecule has 2 saturated heterocycles. The zero-order valence-corrected chi connectivity index (χ0v) is 19.3. The number of likely N-dealkylation sites (tertiary alicyclic amines) is 1. The molecule has 174 valence electrons. The van der Waals surface area contributed by atoms with E-state index in [0.717, 1.165) is 51.6 Å². The zero-order chi connectivity index (χ0) is 22.1. The topological polar surface area (TPSA) is 59.5 Å². The fourth-order valence-electron chi connectivity index (χ4n) is 4.29. The standard InChI is InChI=1S/C24H40N4O3/c1-25(2)24(30)19-28-14-12-27(13-15-28)17-21-8-7-9-23(16-21)31-20-22(29)18-26-10-5-3-4-6-11-26/h7-9,16,22,29H,3-6,10-15,17-20H2,1-2H3. The average molecular weight is 433 g/mol. The third-order valence-corrected chi connectivity index (χ3v) is 6.24. The zero-order valence-electron chi connectivity index (χ0n) is 19.3. The van der Waals surface area contributed by atoms with Crippen LogP contribution in [-0.2, 0) is 11.3 Å². The quantitative estimate of drug-likeness (QED) is 0.638. The van der Waals surface area contributed by atoms with Gasteiger partial charge in [0.05, 0.1) is 6.54 Å². The van der Waals surface area contributed by atoms with Crippen LogP contribution in [0.4, 0.5) is 0 Å². The number of carbonyl (C=O) groups is 1. The van der Waals surface area contributed by atoms with Crippen LogP contribution in [0.5, 0.6) is 5.75 Å². The minimum atomic E-state index is -0.459. The van der Waals surface area contributed by atoms with Crippen molar-refractivity contribution in [2.75, 3.05) is 73.1 Å². The summed E-state index contributed by atoms with van der Waals surface area (Å²) in [6, 6.07) is 8.20. The van der Waals surface area contributed by atoms with Gasteiger partial charge in [0.15, 0.2) is 0 Å². The third-order valence-electron chi connectivity index (χ3n) is 6.24. The van der Waals surface area contributed by atoms with Gasteiger partial charge in [-0.05, 0) is 43.6 Å². The van der Waals surface area contributed by atoms with Gasteiger partial charge in [0.2, 0.25) is 5.91 Å². The molecule has 2 aliphatic heterocycles. The molecule has 7 nitrogen and oxygen atoms in total. The Morgan fingerprint density at radius 2 is 1.68 bits per heavy atom. The Kier molecular flexibility index (Phi) is 9.58. The van der Waals surface area contributed by atoms with Gasteiger partial charge in [-0.25, -0.2) is 0 Å². The number of aliphatic hydroxyl groups is 1. The predicted molar refractivity (Wildman–Crippen MR) is 123 cm³/mol. The second-order valence-corrected chi connectivity index (χ2v) is 9.17. The van der Waals surface area contributed by atoms with Crippen LogP contribution in [0.3, 0.4) is 0 Å². The highest BCUT2D eigenvalue weighted by atomic mass is 16.5. The van der Waals surface area contributed by atoms with E-state index in [-0.39, 0.29) is 5.91 Å². The van der Waals surface area contributed by atoms with Crippen molar-refractivity contribution in [3.05, 3.63) is 29.8 Å². The van der Waals surface area contributed by atoms with E-state index in [1.807, 2.05) is 26.2 Å². The molecule has 2 heterocycles. The van der Waals surface area contributed by atoms with Gasteiger partial charge in [-0.3, -0.25) is 14.6 Å². The summed E-state index contributed by atoms with van der Waals surface area (Å²) in [5, 5.41) is 10.4. The van der Waals surface area contributed by atoms with Crippen LogP contribution in [0.2, 0.25) is 0 Å². The second kappa shape index (κ2) is 12.4. The number of aliphatic hydroxyl groups excluding tert-OH is 1. The molecule has 1 atom stereocenters. The van der Waals surface area contributed by atoms with Crippen molar-refractivity contribution in [1.29, 1.82) is 0 Å². The number of β-amino-alcohol motifs (C(OH)–C–C–N with tert-alkyl or cyclic N) is 1. The van der Waals surface area contributed by atoms with Crippen molar-refractivity contribution >= 4 is 5.91 Å². The molecule has 0 saturated carbocycles. The lowest BCUT2D eigenvalue weighted by atomic mass is 10.2. The highest BCUT2D eigenvalue weighted by molar-refractivity contribution is 5.77. The van der Waals surface area contributed by atoms with Gasteiger partial charge in [-0.1, -0.05) is 25.0 Å². The minimum absolute atomic E-state index is 0.163. The SMILES string of the molecule is CN(C)C(=O)CN1CCN(Cc2cccc(OCC(O)CN3CCCCCC3)c2)CC1. The molecule has 1 aromatic rings. The number of carbonyl (C=O) groups excluding carboxylic acids is 1. The summed E-state index contributed by atoms with van der Waals surface area (Å²) < 4.78 is 5.91. The maximum atomic E-state index is 11.9. The van der Waals surface area contributed by atoms with Crippen molar-refractivity contribution in [3.63, 3.8) is 0 Å². The lowest BCUT2D eigenvalue weighted by molar-refractivity contribution is -0.130. The molecule has 7 heteroatoms. The van der Waals surface area contributed by atoms with Gasteiger partial charge in [-0.2, -0.15) is 0 Å². The first-order chi connectivity index (χ1) is 15.0. The number of rotatable bonds is 9. The van der Waals surface area contributed by atoms with E-state index < -0.39 is 6.10 Å². The van der Waals surface area contributed by atoms with E-state index in [4.69, 9.17) is 4.74 Å². The normalized spacial score (nSPS) is 20.2. The van der Waals surface area contributed by atoms with E-state index in [9.17, 15) is 9.90 Å². The number of likely N-dealkylation sites (N-methyl/N-ethyl adjacent to an activating group) is 1. The molecule has 31 heavy (non-hydrogen) atoms. The number of nitrogens with zero attached hydrogens (tertiary/aromatic N) is 4. The summed E-state index contributed by atoms with van der Waals surface area (Å²) in [5.41, 5.74) is 1.22. The maximum absolute atomic E-state index is 11.9. The summed E-state index contributed by atoms with van der Waals surface area (Å²) in [4.78, 5) is 20.6. The van der Waals surface area contributed by atoms with Gasteiger partial charge in [-0.15, -0.1) is 0 Å². The van der Waals surface area contributed by atoms with Gasteiger partial charge in [0.25, 0.3) is 0 Å². The molecular weight excluding hydrogens is 392 g/mol. The van der Waals surface area contributed by atoms with Crippen molar-refractivity contribution in [2.45, 2.75) is 38.3 Å². The molecule has 0 radical (unpaired) electrons. The van der Waals surface area contributed by atoms with Crippen molar-refractivity contribution < 1.29 is 14.6 Å². The van der Waals surface area contributed by atoms with E-state index in [1.54, 1.807) is 4.90 Å². The van der Waals surface area contributed by atoms with Crippen molar-refractivity contribution in [1.82, 2.24) is 19.6 Å². The average Bonchev–Trinajstić information content (AvgIpc) is 3.02. The van der Waals surface area contributed by atoms with Gasteiger partial charge in [0, 0.05) is 53.4 Å². The fourth-order valence-corrected chi connectivity index (χ4v) is 4.29. The first-order valence-corrected chi connectivity index (χ1v) is 11.8. The van der Waals surface area contributed by atoms with E-state index >= 15 is 0 Å². The summed E-state index contributed by atoms with van der Waals surface area (Å²) in [6.45, 7) is 8.33. The monoisotopic (exact) mass is 432 g/mol. The minimum Gasteiger partial charge on any atom is -0.491 e. The molecule has 1 amide bonds. The Balaban J connectivity index is 1.39. The van der Waals surface area contributed by atoms with Crippen LogP contribution < -0.4 is 4.74 Å². The number of benzene rings is 1. The Morgan fingerprint density at radius 1 is 1.00 bits per heavy atom. The molecular formula is C24H40N4O3. The molecule has 0 aromatic heterocycles. The maximum Gasteiger partial charge on any atom is 0.236 e. The van der Waals surface area contributed by atoms with Crippen LogP contribution in [0.15, 0.2) is 24.3 Å².